The number of hydrogen-bond acceptors (Lipinski definition) is 3. The minimum absolute atomic E-state index is 0.140. The van der Waals surface area contributed by atoms with Crippen molar-refractivity contribution in [1.29, 1.82) is 0 Å². The quantitative estimate of drug-likeness (QED) is 0.873. The first-order chi connectivity index (χ1) is 11.7. The molecule has 1 aliphatic heterocycles. The minimum atomic E-state index is 0.140. The molecule has 2 aliphatic carbocycles. The number of ether oxygens (including phenoxy) is 1. The summed E-state index contributed by atoms with van der Waals surface area (Å²) in [5.41, 5.74) is 1.03. The maximum Gasteiger partial charge on any atom is 0.221 e. The molecule has 1 N–H and O–H groups in total. The predicted molar refractivity (Wildman–Crippen MR) is 93.7 cm³/mol. The van der Waals surface area contributed by atoms with Gasteiger partial charge in [-0.25, -0.2) is 0 Å². The number of nitrogens with zero attached hydrogens (tertiary/aromatic N) is 1. The van der Waals surface area contributed by atoms with Crippen molar-refractivity contribution < 1.29 is 9.53 Å². The molecule has 1 aromatic carbocycles. The summed E-state index contributed by atoms with van der Waals surface area (Å²) in [6, 6.07) is 7.85. The number of para-hydroxylation sites is 1. The molecule has 2 bridgehead atoms. The Balaban J connectivity index is 1.22. The highest BCUT2D eigenvalue weighted by atomic mass is 16.5. The highest BCUT2D eigenvalue weighted by Gasteiger charge is 2.51. The Morgan fingerprint density at radius 1 is 1.21 bits per heavy atom. The molecule has 4 nitrogen and oxygen atoms in total. The number of hydrogen-bond donors (Lipinski definition) is 1. The number of carbonyl (C=O) groups excluding carboxylic acids is 1. The van der Waals surface area contributed by atoms with Gasteiger partial charge >= 0.3 is 0 Å². The summed E-state index contributed by atoms with van der Waals surface area (Å²) in [5, 5.41) is 3.03. The summed E-state index contributed by atoms with van der Waals surface area (Å²) < 4.78 is 5.33. The van der Waals surface area contributed by atoms with Crippen LogP contribution in [0.3, 0.4) is 0 Å². The zero-order chi connectivity index (χ0) is 16.5. The summed E-state index contributed by atoms with van der Waals surface area (Å²) in [7, 11) is 1.66. The molecule has 24 heavy (non-hydrogen) atoms. The fourth-order valence-corrected chi connectivity index (χ4v) is 5.34. The molecule has 4 atom stereocenters. The maximum atomic E-state index is 12.2. The molecule has 3 aliphatic rings. The number of rotatable bonds is 6. The first-order valence-corrected chi connectivity index (χ1v) is 9.35. The number of nitrogens with one attached hydrogen (secondary N) is 1. The fourth-order valence-electron chi connectivity index (χ4n) is 5.34. The summed E-state index contributed by atoms with van der Waals surface area (Å²) in [6.07, 6.45) is 5.00. The molecule has 1 heterocycles. The fraction of sp³-hybridized carbons (Fsp3) is 0.650. The van der Waals surface area contributed by atoms with Crippen LogP contribution in [-0.2, 0) is 11.3 Å². The highest BCUT2D eigenvalue weighted by Crippen LogP contribution is 2.55. The van der Waals surface area contributed by atoms with Gasteiger partial charge in [-0.15, -0.1) is 0 Å². The molecule has 2 saturated carbocycles. The lowest BCUT2D eigenvalue weighted by Gasteiger charge is -2.22. The summed E-state index contributed by atoms with van der Waals surface area (Å²) in [5.74, 6) is 4.82. The Bertz CT molecular complexity index is 585. The Morgan fingerprint density at radius 2 is 1.92 bits per heavy atom. The molecule has 0 radical (unpaired) electrons. The number of likely N-dealkylation sites (tertiary alicyclic amines) is 1. The first kappa shape index (κ1) is 15.9. The molecular weight excluding hydrogens is 300 g/mol. The molecule has 1 saturated heterocycles. The van der Waals surface area contributed by atoms with Crippen molar-refractivity contribution in [1.82, 2.24) is 10.2 Å². The van der Waals surface area contributed by atoms with Crippen LogP contribution in [0, 0.1) is 23.7 Å². The highest BCUT2D eigenvalue weighted by molar-refractivity contribution is 5.76. The molecule has 4 rings (SSSR count). The monoisotopic (exact) mass is 328 g/mol. The van der Waals surface area contributed by atoms with Crippen LogP contribution in [0.2, 0.25) is 0 Å². The molecule has 3 fully saturated rings. The van der Waals surface area contributed by atoms with Gasteiger partial charge in [-0.05, 0) is 49.0 Å². The molecule has 1 amide bonds. The second-order valence-electron chi connectivity index (χ2n) is 7.76. The number of benzene rings is 1. The second-order valence-corrected chi connectivity index (χ2v) is 7.76. The van der Waals surface area contributed by atoms with Gasteiger partial charge in [-0.3, -0.25) is 4.79 Å². The molecule has 1 aromatic rings. The average molecular weight is 328 g/mol. The SMILES string of the molecule is COc1ccccc1CNC(=O)CCN1C[C@@H]2[C@@H]3CC[C@@H](C3)[C@@H]2C1. The summed E-state index contributed by atoms with van der Waals surface area (Å²) in [4.78, 5) is 14.7. The van der Waals surface area contributed by atoms with Gasteiger partial charge in [0.2, 0.25) is 5.91 Å². The topological polar surface area (TPSA) is 41.6 Å². The standard InChI is InChI=1S/C20H28N2O2/c1-24-19-5-3-2-4-16(19)11-21-20(23)8-9-22-12-17-14-6-7-15(10-14)18(17)13-22/h2-5,14-15,17-18H,6-13H2,1H3,(H,21,23)/t14-,15+,17-,18+. The van der Waals surface area contributed by atoms with Gasteiger partial charge in [-0.1, -0.05) is 18.2 Å². The van der Waals surface area contributed by atoms with Gasteiger partial charge in [0.25, 0.3) is 0 Å². The van der Waals surface area contributed by atoms with E-state index < -0.39 is 0 Å². The Kier molecular flexibility index (Phi) is 4.49. The van der Waals surface area contributed by atoms with Crippen molar-refractivity contribution in [3.8, 4) is 5.75 Å². The van der Waals surface area contributed by atoms with E-state index in [1.54, 1.807) is 7.11 Å². The molecule has 0 aromatic heterocycles. The van der Waals surface area contributed by atoms with E-state index in [1.807, 2.05) is 24.3 Å². The molecule has 4 heteroatoms. The third kappa shape index (κ3) is 3.04. The van der Waals surface area contributed by atoms with Crippen molar-refractivity contribution in [2.24, 2.45) is 23.7 Å². The van der Waals surface area contributed by atoms with Crippen LogP contribution in [0.25, 0.3) is 0 Å². The van der Waals surface area contributed by atoms with Gasteiger partial charge in [0.1, 0.15) is 5.75 Å². The minimum Gasteiger partial charge on any atom is -0.496 e. The van der Waals surface area contributed by atoms with Crippen molar-refractivity contribution >= 4 is 5.91 Å². The van der Waals surface area contributed by atoms with Gasteiger partial charge in [-0.2, -0.15) is 0 Å². The Morgan fingerprint density at radius 3 is 2.62 bits per heavy atom. The van der Waals surface area contributed by atoms with E-state index in [0.717, 1.165) is 41.5 Å². The lowest BCUT2D eigenvalue weighted by atomic mass is 9.82. The Hall–Kier alpha value is -1.55. The van der Waals surface area contributed by atoms with Gasteiger partial charge < -0.3 is 15.0 Å². The van der Waals surface area contributed by atoms with Crippen LogP contribution >= 0.6 is 0 Å². The third-order valence-electron chi connectivity index (χ3n) is 6.54. The Labute approximate surface area is 144 Å². The zero-order valence-corrected chi connectivity index (χ0v) is 14.5. The number of amides is 1. The largest absolute Gasteiger partial charge is 0.496 e. The van der Waals surface area contributed by atoms with E-state index in [-0.39, 0.29) is 5.91 Å². The lowest BCUT2D eigenvalue weighted by Crippen LogP contribution is -2.30. The van der Waals surface area contributed by atoms with E-state index >= 15 is 0 Å². The smallest absolute Gasteiger partial charge is 0.221 e. The van der Waals surface area contributed by atoms with E-state index in [2.05, 4.69) is 10.2 Å². The van der Waals surface area contributed by atoms with E-state index in [1.165, 1.54) is 32.4 Å². The van der Waals surface area contributed by atoms with Gasteiger partial charge in [0, 0.05) is 38.2 Å². The average Bonchev–Trinajstić information content (AvgIpc) is 3.31. The van der Waals surface area contributed by atoms with Crippen molar-refractivity contribution in [2.45, 2.75) is 32.2 Å². The lowest BCUT2D eigenvalue weighted by molar-refractivity contribution is -0.121. The molecular formula is C20H28N2O2. The zero-order valence-electron chi connectivity index (χ0n) is 14.5. The van der Waals surface area contributed by atoms with Crippen LogP contribution < -0.4 is 10.1 Å². The summed E-state index contributed by atoms with van der Waals surface area (Å²) >= 11 is 0. The molecule has 0 spiro atoms. The number of methoxy groups -OCH3 is 1. The van der Waals surface area contributed by atoms with E-state index in [9.17, 15) is 4.79 Å². The van der Waals surface area contributed by atoms with E-state index in [4.69, 9.17) is 4.74 Å². The van der Waals surface area contributed by atoms with Crippen molar-refractivity contribution in [3.63, 3.8) is 0 Å². The number of fused-ring (bicyclic) bond motifs is 5. The molecule has 0 unspecified atom stereocenters. The van der Waals surface area contributed by atoms with Crippen molar-refractivity contribution in [2.75, 3.05) is 26.7 Å². The normalized spacial score (nSPS) is 31.2. The van der Waals surface area contributed by atoms with E-state index in [0.29, 0.717) is 13.0 Å². The first-order valence-electron chi connectivity index (χ1n) is 9.35. The van der Waals surface area contributed by atoms with Crippen LogP contribution in [0.5, 0.6) is 5.75 Å². The predicted octanol–water partition coefficient (Wildman–Crippen LogP) is 2.68. The molecule has 130 valence electrons. The van der Waals surface area contributed by atoms with Crippen LogP contribution in [0.15, 0.2) is 24.3 Å². The second kappa shape index (κ2) is 6.75. The maximum absolute atomic E-state index is 12.2. The van der Waals surface area contributed by atoms with Gasteiger partial charge in [0.15, 0.2) is 0 Å². The van der Waals surface area contributed by atoms with Crippen molar-refractivity contribution in [3.05, 3.63) is 29.8 Å². The summed E-state index contributed by atoms with van der Waals surface area (Å²) in [6.45, 7) is 3.90. The van der Waals surface area contributed by atoms with Crippen LogP contribution in [0.4, 0.5) is 0 Å². The van der Waals surface area contributed by atoms with Crippen LogP contribution in [0.1, 0.15) is 31.2 Å². The van der Waals surface area contributed by atoms with Gasteiger partial charge in [0.05, 0.1) is 7.11 Å². The number of carbonyl (C=O) groups is 1. The third-order valence-corrected chi connectivity index (χ3v) is 6.54. The van der Waals surface area contributed by atoms with Crippen LogP contribution in [-0.4, -0.2) is 37.6 Å².